The first-order valence-corrected chi connectivity index (χ1v) is 9.69. The van der Waals surface area contributed by atoms with Crippen LogP contribution in [0.2, 0.25) is 0 Å². The third kappa shape index (κ3) is 3.40. The quantitative estimate of drug-likeness (QED) is 0.686. The number of fused-ring (bicyclic) bond motifs is 3. The third-order valence-corrected chi connectivity index (χ3v) is 5.03. The summed E-state index contributed by atoms with van der Waals surface area (Å²) in [5.41, 5.74) is 5.09. The van der Waals surface area contributed by atoms with Gasteiger partial charge in [-0.3, -0.25) is 4.79 Å². The van der Waals surface area contributed by atoms with Crippen LogP contribution in [0.15, 0.2) is 55.3 Å². The Morgan fingerprint density at radius 1 is 1.36 bits per heavy atom. The van der Waals surface area contributed by atoms with E-state index in [-0.39, 0.29) is 17.9 Å². The summed E-state index contributed by atoms with van der Waals surface area (Å²) in [5, 5.41) is 2.98. The molecule has 4 rings (SSSR count). The molecule has 1 N–H and O–H groups in total. The van der Waals surface area contributed by atoms with E-state index >= 15 is 0 Å². The van der Waals surface area contributed by atoms with E-state index in [1.165, 1.54) is 0 Å². The summed E-state index contributed by atoms with van der Waals surface area (Å²) >= 11 is 0. The summed E-state index contributed by atoms with van der Waals surface area (Å²) in [5.74, 6) is 0.849. The standard InChI is InChI=1S/C23H25N3O2/c1-4-7-17-12-16(9-10-20(17)28-15(2)3)18-13-22(27)24-14-19-23(18)26-11-6-5-8-21(26)25-19/h4-6,8-12,15,18H,1,7,13-14H2,2-3H3,(H,24,27). The van der Waals surface area contributed by atoms with Crippen LogP contribution in [0, 0.1) is 0 Å². The highest BCUT2D eigenvalue weighted by Gasteiger charge is 2.29. The van der Waals surface area contributed by atoms with Gasteiger partial charge in [-0.1, -0.05) is 24.3 Å². The van der Waals surface area contributed by atoms with Gasteiger partial charge in [-0.15, -0.1) is 6.58 Å². The van der Waals surface area contributed by atoms with Gasteiger partial charge in [0.15, 0.2) is 0 Å². The monoisotopic (exact) mass is 375 g/mol. The Hall–Kier alpha value is -3.08. The second kappa shape index (κ2) is 7.50. The van der Waals surface area contributed by atoms with Crippen molar-refractivity contribution in [1.82, 2.24) is 14.7 Å². The van der Waals surface area contributed by atoms with Gasteiger partial charge in [0.1, 0.15) is 11.4 Å². The average Bonchev–Trinajstić information content (AvgIpc) is 2.95. The number of imidazole rings is 1. The van der Waals surface area contributed by atoms with Crippen molar-refractivity contribution in [2.24, 2.45) is 0 Å². The maximum Gasteiger partial charge on any atom is 0.221 e. The normalized spacial score (nSPS) is 16.5. The van der Waals surface area contributed by atoms with E-state index in [4.69, 9.17) is 9.72 Å². The lowest BCUT2D eigenvalue weighted by Gasteiger charge is -2.19. The van der Waals surface area contributed by atoms with E-state index in [9.17, 15) is 4.79 Å². The molecule has 3 aromatic rings. The molecule has 3 heterocycles. The van der Waals surface area contributed by atoms with Crippen LogP contribution in [0.1, 0.15) is 48.7 Å². The highest BCUT2D eigenvalue weighted by Crippen LogP contribution is 2.35. The van der Waals surface area contributed by atoms with E-state index in [0.29, 0.717) is 13.0 Å². The van der Waals surface area contributed by atoms with Gasteiger partial charge in [0, 0.05) is 18.5 Å². The van der Waals surface area contributed by atoms with Crippen LogP contribution in [0.25, 0.3) is 5.65 Å². The minimum atomic E-state index is -0.0634. The van der Waals surface area contributed by atoms with E-state index < -0.39 is 0 Å². The number of carbonyl (C=O) groups excluding carboxylic acids is 1. The van der Waals surface area contributed by atoms with Gasteiger partial charge in [0.05, 0.1) is 24.0 Å². The number of ether oxygens (including phenoxy) is 1. The van der Waals surface area contributed by atoms with Crippen molar-refractivity contribution >= 4 is 11.6 Å². The molecular formula is C23H25N3O2. The third-order valence-electron chi connectivity index (χ3n) is 5.03. The molecule has 0 saturated carbocycles. The molecule has 1 unspecified atom stereocenters. The maximum atomic E-state index is 12.4. The average molecular weight is 375 g/mol. The maximum absolute atomic E-state index is 12.4. The number of allylic oxidation sites excluding steroid dienone is 1. The highest BCUT2D eigenvalue weighted by atomic mass is 16.5. The van der Waals surface area contributed by atoms with Crippen molar-refractivity contribution in [3.05, 3.63) is 77.8 Å². The lowest BCUT2D eigenvalue weighted by Crippen LogP contribution is -2.21. The zero-order valence-corrected chi connectivity index (χ0v) is 16.3. The summed E-state index contributed by atoms with van der Waals surface area (Å²) in [4.78, 5) is 17.1. The molecule has 0 saturated heterocycles. The molecule has 28 heavy (non-hydrogen) atoms. The molecule has 0 spiro atoms. The van der Waals surface area contributed by atoms with Gasteiger partial charge < -0.3 is 14.5 Å². The summed E-state index contributed by atoms with van der Waals surface area (Å²) in [7, 11) is 0. The number of amides is 1. The number of carbonyl (C=O) groups is 1. The van der Waals surface area contributed by atoms with Crippen molar-refractivity contribution < 1.29 is 9.53 Å². The number of aromatic nitrogens is 2. The van der Waals surface area contributed by atoms with Gasteiger partial charge in [0.2, 0.25) is 5.91 Å². The van der Waals surface area contributed by atoms with E-state index in [2.05, 4.69) is 28.4 Å². The fourth-order valence-corrected chi connectivity index (χ4v) is 3.87. The lowest BCUT2D eigenvalue weighted by molar-refractivity contribution is -0.121. The molecule has 5 heteroatoms. The zero-order chi connectivity index (χ0) is 19.7. The van der Waals surface area contributed by atoms with E-state index in [1.807, 2.05) is 50.4 Å². The Kier molecular flexibility index (Phi) is 4.90. The second-order valence-electron chi connectivity index (χ2n) is 7.43. The smallest absolute Gasteiger partial charge is 0.221 e. The summed E-state index contributed by atoms with van der Waals surface area (Å²) < 4.78 is 8.07. The summed E-state index contributed by atoms with van der Waals surface area (Å²) in [6, 6.07) is 12.2. The fourth-order valence-electron chi connectivity index (χ4n) is 3.87. The molecular weight excluding hydrogens is 350 g/mol. The number of hydrogen-bond donors (Lipinski definition) is 1. The molecule has 0 aliphatic carbocycles. The van der Waals surface area contributed by atoms with Crippen LogP contribution in [0.4, 0.5) is 0 Å². The van der Waals surface area contributed by atoms with Crippen LogP contribution in [0.3, 0.4) is 0 Å². The lowest BCUT2D eigenvalue weighted by atomic mass is 9.89. The van der Waals surface area contributed by atoms with Crippen LogP contribution in [-0.2, 0) is 17.8 Å². The van der Waals surface area contributed by atoms with Gasteiger partial charge in [-0.25, -0.2) is 4.98 Å². The molecule has 1 aromatic carbocycles. The molecule has 1 aliphatic heterocycles. The Morgan fingerprint density at radius 2 is 2.21 bits per heavy atom. The van der Waals surface area contributed by atoms with Crippen LogP contribution in [0.5, 0.6) is 5.75 Å². The Balaban J connectivity index is 1.84. The molecule has 0 radical (unpaired) electrons. The number of pyridine rings is 1. The highest BCUT2D eigenvalue weighted by molar-refractivity contribution is 5.78. The number of hydrogen-bond acceptors (Lipinski definition) is 3. The Bertz CT molecular complexity index is 1040. The SMILES string of the molecule is C=CCc1cc(C2CC(=O)NCc3nc4ccccn4c32)ccc1OC(C)C. The molecule has 0 bridgehead atoms. The van der Waals surface area contributed by atoms with Crippen LogP contribution >= 0.6 is 0 Å². The summed E-state index contributed by atoms with van der Waals surface area (Å²) in [6.07, 6.45) is 5.11. The zero-order valence-electron chi connectivity index (χ0n) is 16.3. The molecule has 1 aliphatic rings. The summed E-state index contributed by atoms with van der Waals surface area (Å²) in [6.45, 7) is 8.38. The Morgan fingerprint density at radius 3 is 3.00 bits per heavy atom. The predicted octanol–water partition coefficient (Wildman–Crippen LogP) is 4.00. The van der Waals surface area contributed by atoms with Crippen molar-refractivity contribution in [2.45, 2.75) is 45.3 Å². The molecule has 144 valence electrons. The van der Waals surface area contributed by atoms with Gasteiger partial charge in [-0.05, 0) is 49.6 Å². The van der Waals surface area contributed by atoms with Gasteiger partial charge in [0.25, 0.3) is 0 Å². The second-order valence-corrected chi connectivity index (χ2v) is 7.43. The molecule has 5 nitrogen and oxygen atoms in total. The van der Waals surface area contributed by atoms with Crippen molar-refractivity contribution in [3.63, 3.8) is 0 Å². The van der Waals surface area contributed by atoms with Gasteiger partial charge in [-0.2, -0.15) is 0 Å². The van der Waals surface area contributed by atoms with Gasteiger partial charge >= 0.3 is 0 Å². The van der Waals surface area contributed by atoms with Crippen LogP contribution in [-0.4, -0.2) is 21.4 Å². The first-order valence-electron chi connectivity index (χ1n) is 9.69. The molecule has 1 amide bonds. The van der Waals surface area contributed by atoms with Crippen molar-refractivity contribution in [3.8, 4) is 5.75 Å². The van der Waals surface area contributed by atoms with Crippen molar-refractivity contribution in [1.29, 1.82) is 0 Å². The Labute approximate surface area is 165 Å². The first-order chi connectivity index (χ1) is 13.6. The first kappa shape index (κ1) is 18.3. The fraction of sp³-hybridized carbons (Fsp3) is 0.304. The molecule has 2 aromatic heterocycles. The topological polar surface area (TPSA) is 55.6 Å². The number of nitrogens with one attached hydrogen (secondary N) is 1. The van der Waals surface area contributed by atoms with E-state index in [0.717, 1.165) is 40.3 Å². The minimum Gasteiger partial charge on any atom is -0.491 e. The number of benzene rings is 1. The minimum absolute atomic E-state index is 0.0421. The molecule has 0 fully saturated rings. The predicted molar refractivity (Wildman–Crippen MR) is 110 cm³/mol. The number of nitrogens with zero attached hydrogens (tertiary/aromatic N) is 2. The van der Waals surface area contributed by atoms with Crippen molar-refractivity contribution in [2.75, 3.05) is 0 Å². The molecule has 1 atom stereocenters. The largest absolute Gasteiger partial charge is 0.491 e. The van der Waals surface area contributed by atoms with Crippen LogP contribution < -0.4 is 10.1 Å². The van der Waals surface area contributed by atoms with E-state index in [1.54, 1.807) is 0 Å². The number of rotatable bonds is 5.